The molecule has 1 N–H and O–H groups in total. The number of amidine groups is 1. The fourth-order valence-electron chi connectivity index (χ4n) is 3.05. The van der Waals surface area contributed by atoms with E-state index in [2.05, 4.69) is 10.3 Å². The minimum Gasteiger partial charge on any atom is -0.493 e. The maximum Gasteiger partial charge on any atom is 0.269 e. The molecule has 0 unspecified atom stereocenters. The van der Waals surface area contributed by atoms with Crippen molar-refractivity contribution in [3.8, 4) is 11.5 Å². The molecule has 10 heteroatoms. The average Bonchev–Trinajstić information content (AvgIpc) is 3.18. The monoisotopic (exact) mass is 495 g/mol. The second kappa shape index (κ2) is 10.4. The van der Waals surface area contributed by atoms with Gasteiger partial charge in [0, 0.05) is 12.1 Å². The van der Waals surface area contributed by atoms with Crippen molar-refractivity contribution >= 4 is 51.9 Å². The first kappa shape index (κ1) is 23.3. The molecule has 1 aliphatic heterocycles. The largest absolute Gasteiger partial charge is 0.493 e. The zero-order valence-corrected chi connectivity index (χ0v) is 19.4. The van der Waals surface area contributed by atoms with Gasteiger partial charge in [0.2, 0.25) is 0 Å². The molecule has 1 aliphatic rings. The summed E-state index contributed by atoms with van der Waals surface area (Å²) in [5, 5.41) is 14.5. The van der Waals surface area contributed by atoms with Crippen molar-refractivity contribution < 1.29 is 19.2 Å². The average molecular weight is 496 g/mol. The van der Waals surface area contributed by atoms with E-state index in [9.17, 15) is 14.9 Å². The third kappa shape index (κ3) is 5.56. The Morgan fingerprint density at radius 3 is 2.59 bits per heavy atom. The summed E-state index contributed by atoms with van der Waals surface area (Å²) in [5.41, 5.74) is 2.12. The number of amides is 1. The minimum atomic E-state index is -0.449. The molecule has 8 nitrogen and oxygen atoms in total. The molecule has 3 aromatic carbocycles. The number of carbonyl (C=O) groups excluding carboxylic acids is 1. The maximum atomic E-state index is 12.4. The Balaban J connectivity index is 1.47. The number of halogens is 1. The van der Waals surface area contributed by atoms with E-state index in [1.165, 1.54) is 31.0 Å². The van der Waals surface area contributed by atoms with Crippen LogP contribution in [0.2, 0.25) is 5.02 Å². The van der Waals surface area contributed by atoms with E-state index in [1.807, 2.05) is 12.1 Å². The van der Waals surface area contributed by atoms with Gasteiger partial charge in [-0.05, 0) is 65.4 Å². The zero-order chi connectivity index (χ0) is 24.1. The van der Waals surface area contributed by atoms with Crippen LogP contribution in [0, 0.1) is 10.1 Å². The first-order valence-corrected chi connectivity index (χ1v) is 11.2. The molecule has 34 heavy (non-hydrogen) atoms. The van der Waals surface area contributed by atoms with E-state index in [4.69, 9.17) is 21.1 Å². The predicted octanol–water partition coefficient (Wildman–Crippen LogP) is 5.73. The highest BCUT2D eigenvalue weighted by Gasteiger charge is 2.24. The first-order chi connectivity index (χ1) is 16.4. The van der Waals surface area contributed by atoms with Gasteiger partial charge in [0.15, 0.2) is 16.7 Å². The van der Waals surface area contributed by atoms with Gasteiger partial charge in [-0.25, -0.2) is 4.99 Å². The van der Waals surface area contributed by atoms with Crippen LogP contribution >= 0.6 is 23.4 Å². The Bertz CT molecular complexity index is 1310. The van der Waals surface area contributed by atoms with E-state index in [-0.39, 0.29) is 18.2 Å². The molecular weight excluding hydrogens is 478 g/mol. The van der Waals surface area contributed by atoms with Gasteiger partial charge >= 0.3 is 0 Å². The van der Waals surface area contributed by atoms with Gasteiger partial charge in [-0.3, -0.25) is 14.9 Å². The molecule has 0 radical (unpaired) electrons. The molecule has 0 aliphatic carbocycles. The molecule has 1 amide bonds. The van der Waals surface area contributed by atoms with Gasteiger partial charge in [-0.2, -0.15) is 0 Å². The Kier molecular flexibility index (Phi) is 7.15. The normalized spacial score (nSPS) is 15.4. The molecule has 0 saturated carbocycles. The van der Waals surface area contributed by atoms with Crippen molar-refractivity contribution in [3.05, 3.63) is 97.9 Å². The number of nitro benzene ring substituents is 1. The number of para-hydroxylation sites is 1. The highest BCUT2D eigenvalue weighted by molar-refractivity contribution is 8.18. The molecule has 1 heterocycles. The Hall–Kier alpha value is -3.82. The lowest BCUT2D eigenvalue weighted by Gasteiger charge is -2.11. The molecule has 0 bridgehead atoms. The number of hydrogen-bond donors (Lipinski definition) is 1. The minimum absolute atomic E-state index is 0.0209. The van der Waals surface area contributed by atoms with E-state index in [0.29, 0.717) is 32.3 Å². The second-order valence-corrected chi connectivity index (χ2v) is 8.49. The lowest BCUT2D eigenvalue weighted by atomic mass is 10.2. The van der Waals surface area contributed by atoms with E-state index in [1.54, 1.807) is 48.5 Å². The van der Waals surface area contributed by atoms with Crippen molar-refractivity contribution in [3.63, 3.8) is 0 Å². The van der Waals surface area contributed by atoms with Gasteiger partial charge < -0.3 is 14.8 Å². The molecule has 1 saturated heterocycles. The van der Waals surface area contributed by atoms with Crippen molar-refractivity contribution in [1.29, 1.82) is 0 Å². The fourth-order valence-corrected chi connectivity index (χ4v) is 4.06. The number of nitro groups is 1. The summed E-state index contributed by atoms with van der Waals surface area (Å²) in [4.78, 5) is 27.6. The number of methoxy groups -OCH3 is 1. The van der Waals surface area contributed by atoms with Gasteiger partial charge in [0.25, 0.3) is 11.6 Å². The summed E-state index contributed by atoms with van der Waals surface area (Å²) in [6, 6.07) is 18.6. The Morgan fingerprint density at radius 2 is 1.88 bits per heavy atom. The SMILES string of the molecule is COc1cc(/C=C2\SC(=Nc3ccccc3Cl)NC2=O)ccc1OCc1ccc([N+](=O)[O-])cc1. The molecule has 0 spiro atoms. The highest BCUT2D eigenvalue weighted by atomic mass is 35.5. The van der Waals surface area contributed by atoms with Crippen LogP contribution in [0.4, 0.5) is 11.4 Å². The third-order valence-corrected chi connectivity index (χ3v) is 5.98. The van der Waals surface area contributed by atoms with Crippen LogP contribution in [0.15, 0.2) is 76.6 Å². The summed E-state index contributed by atoms with van der Waals surface area (Å²) in [6.45, 7) is 0.217. The summed E-state index contributed by atoms with van der Waals surface area (Å²) in [5.74, 6) is 0.741. The second-order valence-electron chi connectivity index (χ2n) is 7.06. The fraction of sp³-hybridized carbons (Fsp3) is 0.0833. The van der Waals surface area contributed by atoms with Crippen LogP contribution in [0.5, 0.6) is 11.5 Å². The number of aliphatic imine (C=N–C) groups is 1. The topological polar surface area (TPSA) is 103 Å². The summed E-state index contributed by atoms with van der Waals surface area (Å²) in [6.07, 6.45) is 1.73. The number of nitrogens with one attached hydrogen (secondary N) is 1. The number of carbonyl (C=O) groups is 1. The first-order valence-electron chi connectivity index (χ1n) is 10.0. The van der Waals surface area contributed by atoms with Crippen LogP contribution in [0.25, 0.3) is 6.08 Å². The zero-order valence-electron chi connectivity index (χ0n) is 17.9. The Labute approximate surface area is 204 Å². The highest BCUT2D eigenvalue weighted by Crippen LogP contribution is 2.33. The number of hydrogen-bond acceptors (Lipinski definition) is 7. The molecule has 0 atom stereocenters. The van der Waals surface area contributed by atoms with Crippen molar-refractivity contribution in [1.82, 2.24) is 5.32 Å². The van der Waals surface area contributed by atoms with Crippen molar-refractivity contribution in [2.45, 2.75) is 6.61 Å². The Morgan fingerprint density at radius 1 is 1.12 bits per heavy atom. The molecule has 4 rings (SSSR count). The molecule has 1 fully saturated rings. The smallest absolute Gasteiger partial charge is 0.269 e. The summed E-state index contributed by atoms with van der Waals surface area (Å²) >= 11 is 7.36. The van der Waals surface area contributed by atoms with Crippen LogP contribution in [-0.4, -0.2) is 23.1 Å². The maximum absolute atomic E-state index is 12.4. The number of rotatable bonds is 7. The number of non-ortho nitro benzene ring substituents is 1. The quantitative estimate of drug-likeness (QED) is 0.255. The summed E-state index contributed by atoms with van der Waals surface area (Å²) in [7, 11) is 1.52. The molecule has 172 valence electrons. The standard InChI is InChI=1S/C24H18ClN3O5S/c1-32-21-12-16(8-11-20(21)33-14-15-6-9-17(10-7-15)28(30)31)13-22-23(29)27-24(34-22)26-19-5-3-2-4-18(19)25/h2-13H,14H2,1H3,(H,26,27,29)/b22-13-. The number of thioether (sulfide) groups is 1. The number of ether oxygens (including phenoxy) is 2. The van der Waals surface area contributed by atoms with Gasteiger partial charge in [0.05, 0.1) is 27.6 Å². The van der Waals surface area contributed by atoms with Crippen molar-refractivity contribution in [2.75, 3.05) is 7.11 Å². The van der Waals surface area contributed by atoms with E-state index >= 15 is 0 Å². The van der Waals surface area contributed by atoms with Crippen LogP contribution < -0.4 is 14.8 Å². The lowest BCUT2D eigenvalue weighted by Crippen LogP contribution is -2.19. The molecular formula is C24H18ClN3O5S. The molecule has 0 aromatic heterocycles. The lowest BCUT2D eigenvalue weighted by molar-refractivity contribution is -0.384. The third-order valence-electron chi connectivity index (χ3n) is 4.75. The number of benzene rings is 3. The summed E-state index contributed by atoms with van der Waals surface area (Å²) < 4.78 is 11.3. The van der Waals surface area contributed by atoms with E-state index in [0.717, 1.165) is 11.1 Å². The van der Waals surface area contributed by atoms with Crippen LogP contribution in [0.1, 0.15) is 11.1 Å². The van der Waals surface area contributed by atoms with Gasteiger partial charge in [0.1, 0.15) is 6.61 Å². The number of nitrogens with zero attached hydrogens (tertiary/aromatic N) is 2. The molecule has 3 aromatic rings. The van der Waals surface area contributed by atoms with Crippen LogP contribution in [0.3, 0.4) is 0 Å². The predicted molar refractivity (Wildman–Crippen MR) is 133 cm³/mol. The van der Waals surface area contributed by atoms with Gasteiger partial charge in [-0.15, -0.1) is 0 Å². The van der Waals surface area contributed by atoms with E-state index < -0.39 is 4.92 Å². The van der Waals surface area contributed by atoms with Crippen molar-refractivity contribution in [2.24, 2.45) is 4.99 Å². The van der Waals surface area contributed by atoms with Crippen LogP contribution in [-0.2, 0) is 11.4 Å². The van der Waals surface area contributed by atoms with Gasteiger partial charge in [-0.1, -0.05) is 29.8 Å².